The number of aliphatic hydroxyl groups excluding tert-OH is 1. The van der Waals surface area contributed by atoms with Gasteiger partial charge in [-0.2, -0.15) is 0 Å². The van der Waals surface area contributed by atoms with E-state index in [-0.39, 0.29) is 12.5 Å². The molecular weight excluding hydrogens is 318 g/mol. The van der Waals surface area contributed by atoms with E-state index in [9.17, 15) is 9.90 Å². The molecule has 0 saturated carbocycles. The summed E-state index contributed by atoms with van der Waals surface area (Å²) in [6.45, 7) is 3.99. The first-order chi connectivity index (χ1) is 12.1. The molecule has 1 amide bonds. The Hall–Kier alpha value is -2.18. The molecule has 1 aromatic carbocycles. The quantitative estimate of drug-likeness (QED) is 0.861. The van der Waals surface area contributed by atoms with E-state index in [1.54, 1.807) is 12.5 Å². The smallest absolute Gasteiger partial charge is 0.224 e. The molecule has 1 saturated heterocycles. The van der Waals surface area contributed by atoms with Crippen molar-refractivity contribution < 1.29 is 14.6 Å². The molecule has 1 fully saturated rings. The van der Waals surface area contributed by atoms with Gasteiger partial charge in [-0.1, -0.05) is 24.3 Å². The van der Waals surface area contributed by atoms with Gasteiger partial charge >= 0.3 is 0 Å². The van der Waals surface area contributed by atoms with Crippen LogP contribution in [0, 0.1) is 6.92 Å². The molecule has 0 radical (unpaired) electrons. The van der Waals surface area contributed by atoms with Crippen molar-refractivity contribution in [3.8, 4) is 0 Å². The Morgan fingerprint density at radius 3 is 2.96 bits per heavy atom. The Bertz CT molecular complexity index is 702. The van der Waals surface area contributed by atoms with Gasteiger partial charge in [0.15, 0.2) is 0 Å². The average molecular weight is 343 g/mol. The normalized spacial score (nSPS) is 20.6. The summed E-state index contributed by atoms with van der Waals surface area (Å²) in [4.78, 5) is 18.4. The first kappa shape index (κ1) is 17.6. The van der Waals surface area contributed by atoms with E-state index in [2.05, 4.69) is 24.0 Å². The lowest BCUT2D eigenvalue weighted by Gasteiger charge is -2.42. The van der Waals surface area contributed by atoms with Crippen molar-refractivity contribution in [3.05, 3.63) is 54.1 Å². The molecule has 0 bridgehead atoms. The molecule has 6 nitrogen and oxygen atoms in total. The molecule has 2 aromatic rings. The predicted molar refractivity (Wildman–Crippen MR) is 94.1 cm³/mol. The van der Waals surface area contributed by atoms with E-state index in [4.69, 9.17) is 4.74 Å². The summed E-state index contributed by atoms with van der Waals surface area (Å²) in [5, 5.41) is 10.00. The summed E-state index contributed by atoms with van der Waals surface area (Å²) in [5.41, 5.74) is 1.58. The molecule has 1 N–H and O–H groups in total. The predicted octanol–water partition coefficient (Wildman–Crippen LogP) is 1.41. The van der Waals surface area contributed by atoms with Gasteiger partial charge in [-0.05, 0) is 18.1 Å². The number of aliphatic hydroxyl groups is 1. The maximum Gasteiger partial charge on any atom is 0.224 e. The standard InChI is InChI=1S/C19H25N3O3/c1-16-4-2-3-5-17(16)12-19(14-23)13-22(10-11-25-19)18(24)6-8-21-9-7-20-15-21/h2-5,7,9,15,23H,6,8,10-14H2,1H3. The Morgan fingerprint density at radius 1 is 1.40 bits per heavy atom. The lowest BCUT2D eigenvalue weighted by molar-refractivity contribution is -0.158. The molecule has 1 unspecified atom stereocenters. The maximum atomic E-state index is 12.6. The fourth-order valence-corrected chi connectivity index (χ4v) is 3.27. The number of aryl methyl sites for hydroxylation is 2. The first-order valence-electron chi connectivity index (χ1n) is 8.65. The Labute approximate surface area is 148 Å². The summed E-state index contributed by atoms with van der Waals surface area (Å²) < 4.78 is 7.84. The summed E-state index contributed by atoms with van der Waals surface area (Å²) in [6, 6.07) is 8.09. The molecule has 6 heteroatoms. The number of nitrogens with zero attached hydrogens (tertiary/aromatic N) is 3. The van der Waals surface area contributed by atoms with Crippen LogP contribution >= 0.6 is 0 Å². The summed E-state index contributed by atoms with van der Waals surface area (Å²) >= 11 is 0. The zero-order valence-corrected chi connectivity index (χ0v) is 14.6. The monoisotopic (exact) mass is 343 g/mol. The van der Waals surface area contributed by atoms with E-state index >= 15 is 0 Å². The number of carbonyl (C=O) groups is 1. The molecule has 1 atom stereocenters. The molecule has 1 aliphatic heterocycles. The average Bonchev–Trinajstić information content (AvgIpc) is 3.15. The van der Waals surface area contributed by atoms with Crippen LogP contribution in [0.4, 0.5) is 0 Å². The van der Waals surface area contributed by atoms with Gasteiger partial charge in [0.05, 0.1) is 26.1 Å². The molecule has 1 aliphatic rings. The Balaban J connectivity index is 1.65. The van der Waals surface area contributed by atoms with Crippen LogP contribution in [0.1, 0.15) is 17.5 Å². The third kappa shape index (κ3) is 4.27. The second-order valence-electron chi connectivity index (χ2n) is 6.66. The highest BCUT2D eigenvalue weighted by Gasteiger charge is 2.38. The Kier molecular flexibility index (Phi) is 5.50. The van der Waals surface area contributed by atoms with Crippen LogP contribution in [-0.4, -0.2) is 57.4 Å². The summed E-state index contributed by atoms with van der Waals surface area (Å²) in [5.74, 6) is 0.0830. The SMILES string of the molecule is Cc1ccccc1CC1(CO)CN(C(=O)CCn2ccnc2)CCO1. The van der Waals surface area contributed by atoms with Crippen molar-refractivity contribution >= 4 is 5.91 Å². The zero-order valence-electron chi connectivity index (χ0n) is 14.6. The lowest BCUT2D eigenvalue weighted by Crippen LogP contribution is -2.57. The number of rotatable bonds is 6. The van der Waals surface area contributed by atoms with Crippen molar-refractivity contribution in [1.29, 1.82) is 0 Å². The van der Waals surface area contributed by atoms with Gasteiger partial charge in [-0.25, -0.2) is 4.98 Å². The van der Waals surface area contributed by atoms with Crippen molar-refractivity contribution in [1.82, 2.24) is 14.5 Å². The molecule has 1 aromatic heterocycles. The van der Waals surface area contributed by atoms with Gasteiger partial charge in [0.25, 0.3) is 0 Å². The highest BCUT2D eigenvalue weighted by Crippen LogP contribution is 2.25. The minimum absolute atomic E-state index is 0.0830. The van der Waals surface area contributed by atoms with Gasteiger partial charge in [0.1, 0.15) is 5.60 Å². The van der Waals surface area contributed by atoms with Crippen LogP contribution in [0.5, 0.6) is 0 Å². The number of imidazole rings is 1. The second kappa shape index (κ2) is 7.80. The van der Waals surface area contributed by atoms with Crippen LogP contribution in [0.25, 0.3) is 0 Å². The van der Waals surface area contributed by atoms with Gasteiger partial charge in [-0.15, -0.1) is 0 Å². The zero-order chi connectivity index (χ0) is 17.7. The molecule has 3 rings (SSSR count). The first-order valence-corrected chi connectivity index (χ1v) is 8.65. The molecule has 0 spiro atoms. The van der Waals surface area contributed by atoms with Crippen LogP contribution < -0.4 is 0 Å². The van der Waals surface area contributed by atoms with Gasteiger partial charge in [0.2, 0.25) is 5.91 Å². The van der Waals surface area contributed by atoms with Crippen molar-refractivity contribution in [2.75, 3.05) is 26.3 Å². The number of amides is 1. The molecule has 2 heterocycles. The highest BCUT2D eigenvalue weighted by atomic mass is 16.5. The number of morpholine rings is 1. The number of benzene rings is 1. The largest absolute Gasteiger partial charge is 0.393 e. The van der Waals surface area contributed by atoms with E-state index in [1.165, 1.54) is 5.56 Å². The van der Waals surface area contributed by atoms with E-state index < -0.39 is 5.60 Å². The van der Waals surface area contributed by atoms with Crippen molar-refractivity contribution in [2.45, 2.75) is 31.9 Å². The number of hydrogen-bond donors (Lipinski definition) is 1. The van der Waals surface area contributed by atoms with Gasteiger partial charge in [0, 0.05) is 38.3 Å². The van der Waals surface area contributed by atoms with Crippen LogP contribution in [0.2, 0.25) is 0 Å². The third-order valence-electron chi connectivity index (χ3n) is 4.81. The topological polar surface area (TPSA) is 67.6 Å². The van der Waals surface area contributed by atoms with Crippen LogP contribution in [0.3, 0.4) is 0 Å². The second-order valence-corrected chi connectivity index (χ2v) is 6.66. The fraction of sp³-hybridized carbons (Fsp3) is 0.474. The number of aromatic nitrogens is 2. The molecule has 134 valence electrons. The minimum Gasteiger partial charge on any atom is -0.393 e. The van der Waals surface area contributed by atoms with Crippen LogP contribution in [0.15, 0.2) is 43.0 Å². The molecule has 25 heavy (non-hydrogen) atoms. The van der Waals surface area contributed by atoms with Gasteiger partial charge in [-0.3, -0.25) is 4.79 Å². The lowest BCUT2D eigenvalue weighted by atomic mass is 9.91. The number of carbonyl (C=O) groups excluding carboxylic acids is 1. The molecule has 0 aliphatic carbocycles. The maximum absolute atomic E-state index is 12.6. The third-order valence-corrected chi connectivity index (χ3v) is 4.81. The Morgan fingerprint density at radius 2 is 2.24 bits per heavy atom. The minimum atomic E-state index is -0.727. The van der Waals surface area contributed by atoms with Crippen LogP contribution in [-0.2, 0) is 22.5 Å². The van der Waals surface area contributed by atoms with Crippen molar-refractivity contribution in [2.24, 2.45) is 0 Å². The van der Waals surface area contributed by atoms with E-state index in [0.29, 0.717) is 39.1 Å². The van der Waals surface area contributed by atoms with E-state index in [0.717, 1.165) is 5.56 Å². The van der Waals surface area contributed by atoms with E-state index in [1.807, 2.05) is 27.8 Å². The highest BCUT2D eigenvalue weighted by molar-refractivity contribution is 5.76. The fourth-order valence-electron chi connectivity index (χ4n) is 3.27. The summed E-state index contributed by atoms with van der Waals surface area (Å²) in [7, 11) is 0. The van der Waals surface area contributed by atoms with Gasteiger partial charge < -0.3 is 19.3 Å². The summed E-state index contributed by atoms with van der Waals surface area (Å²) in [6.07, 6.45) is 6.29. The number of ether oxygens (including phenoxy) is 1. The molecular formula is C19H25N3O3. The van der Waals surface area contributed by atoms with Crippen molar-refractivity contribution in [3.63, 3.8) is 0 Å². The number of hydrogen-bond acceptors (Lipinski definition) is 4.